The van der Waals surface area contributed by atoms with Crippen LogP contribution in [0, 0.1) is 5.92 Å². The lowest BCUT2D eigenvalue weighted by Crippen LogP contribution is -2.43. The van der Waals surface area contributed by atoms with E-state index in [4.69, 9.17) is 5.11 Å². The molecule has 0 aliphatic carbocycles. The van der Waals surface area contributed by atoms with Gasteiger partial charge in [0, 0.05) is 6.54 Å². The number of amides is 1. The molecule has 0 aromatic carbocycles. The van der Waals surface area contributed by atoms with Gasteiger partial charge < -0.3 is 10.4 Å². The van der Waals surface area contributed by atoms with Gasteiger partial charge in [-0.25, -0.2) is 0 Å². The van der Waals surface area contributed by atoms with E-state index in [9.17, 15) is 9.59 Å². The van der Waals surface area contributed by atoms with E-state index in [1.54, 1.807) is 6.08 Å². The molecule has 0 aliphatic heterocycles. The van der Waals surface area contributed by atoms with Gasteiger partial charge in [0.25, 0.3) is 0 Å². The molecule has 0 bridgehead atoms. The van der Waals surface area contributed by atoms with E-state index in [1.165, 1.54) is 0 Å². The first-order chi connectivity index (χ1) is 7.47. The van der Waals surface area contributed by atoms with Gasteiger partial charge in [-0.05, 0) is 12.3 Å². The van der Waals surface area contributed by atoms with E-state index < -0.39 is 12.0 Å². The summed E-state index contributed by atoms with van der Waals surface area (Å²) in [5.41, 5.74) is 0. The van der Waals surface area contributed by atoms with E-state index in [2.05, 4.69) is 17.2 Å². The molecule has 0 spiro atoms. The maximum atomic E-state index is 11.2. The molecule has 0 rings (SSSR count). The standard InChI is InChI=1S/C11H20N2O3/c1-4-5-12-10(14)7-13-9(11(15)16)6-8(2)3/h4,8-9,13H,1,5-7H2,2-3H3,(H,12,14)(H,15,16). The number of carboxylic acid groups (broad SMARTS) is 1. The number of hydrogen-bond donors (Lipinski definition) is 3. The zero-order valence-corrected chi connectivity index (χ0v) is 9.82. The molecular formula is C11H20N2O3. The second kappa shape index (κ2) is 7.87. The highest BCUT2D eigenvalue weighted by Crippen LogP contribution is 2.04. The number of carboxylic acids is 1. The molecule has 0 fully saturated rings. The zero-order valence-electron chi connectivity index (χ0n) is 9.82. The third-order valence-corrected chi connectivity index (χ3v) is 1.96. The molecular weight excluding hydrogens is 208 g/mol. The Morgan fingerprint density at radius 2 is 2.06 bits per heavy atom. The summed E-state index contributed by atoms with van der Waals surface area (Å²) < 4.78 is 0. The summed E-state index contributed by atoms with van der Waals surface area (Å²) in [5, 5.41) is 14.2. The third kappa shape index (κ3) is 7.00. The largest absolute Gasteiger partial charge is 0.480 e. The first-order valence-corrected chi connectivity index (χ1v) is 5.31. The minimum atomic E-state index is -0.926. The molecule has 0 saturated heterocycles. The highest BCUT2D eigenvalue weighted by Gasteiger charge is 2.18. The molecule has 0 radical (unpaired) electrons. The van der Waals surface area contributed by atoms with Gasteiger partial charge in [0.15, 0.2) is 0 Å². The lowest BCUT2D eigenvalue weighted by atomic mass is 10.0. The molecule has 3 N–H and O–H groups in total. The maximum Gasteiger partial charge on any atom is 0.320 e. The summed E-state index contributed by atoms with van der Waals surface area (Å²) >= 11 is 0. The summed E-state index contributed by atoms with van der Waals surface area (Å²) in [6.07, 6.45) is 2.07. The first kappa shape index (κ1) is 14.6. The van der Waals surface area contributed by atoms with Gasteiger partial charge in [-0.15, -0.1) is 6.58 Å². The van der Waals surface area contributed by atoms with Crippen LogP contribution in [0.5, 0.6) is 0 Å². The van der Waals surface area contributed by atoms with Crippen molar-refractivity contribution in [2.75, 3.05) is 13.1 Å². The van der Waals surface area contributed by atoms with Gasteiger partial charge in [-0.1, -0.05) is 19.9 Å². The van der Waals surface area contributed by atoms with Crippen LogP contribution in [0.2, 0.25) is 0 Å². The van der Waals surface area contributed by atoms with Crippen LogP contribution in [-0.2, 0) is 9.59 Å². The smallest absolute Gasteiger partial charge is 0.320 e. The zero-order chi connectivity index (χ0) is 12.6. The Kier molecular flexibility index (Phi) is 7.20. The van der Waals surface area contributed by atoms with Crippen molar-refractivity contribution in [2.45, 2.75) is 26.3 Å². The Morgan fingerprint density at radius 1 is 1.44 bits per heavy atom. The van der Waals surface area contributed by atoms with Crippen LogP contribution in [-0.4, -0.2) is 36.1 Å². The molecule has 1 amide bonds. The summed E-state index contributed by atoms with van der Waals surface area (Å²) in [7, 11) is 0. The average molecular weight is 228 g/mol. The Bertz CT molecular complexity index is 252. The number of aliphatic carboxylic acids is 1. The van der Waals surface area contributed by atoms with Crippen LogP contribution < -0.4 is 10.6 Å². The van der Waals surface area contributed by atoms with Crippen molar-refractivity contribution in [1.82, 2.24) is 10.6 Å². The third-order valence-electron chi connectivity index (χ3n) is 1.96. The van der Waals surface area contributed by atoms with Gasteiger partial charge in [0.1, 0.15) is 6.04 Å². The number of carbonyl (C=O) groups excluding carboxylic acids is 1. The molecule has 0 aliphatic rings. The van der Waals surface area contributed by atoms with Crippen LogP contribution in [0.15, 0.2) is 12.7 Å². The van der Waals surface area contributed by atoms with Crippen LogP contribution in [0.3, 0.4) is 0 Å². The number of carbonyl (C=O) groups is 2. The van der Waals surface area contributed by atoms with Crippen molar-refractivity contribution in [3.63, 3.8) is 0 Å². The highest BCUT2D eigenvalue weighted by molar-refractivity contribution is 5.79. The van der Waals surface area contributed by atoms with Gasteiger partial charge in [0.2, 0.25) is 5.91 Å². The second-order valence-corrected chi connectivity index (χ2v) is 3.99. The number of hydrogen-bond acceptors (Lipinski definition) is 3. The van der Waals surface area contributed by atoms with Crippen molar-refractivity contribution in [3.05, 3.63) is 12.7 Å². The lowest BCUT2D eigenvalue weighted by Gasteiger charge is -2.15. The Morgan fingerprint density at radius 3 is 2.50 bits per heavy atom. The molecule has 0 saturated carbocycles. The molecule has 0 aromatic rings. The van der Waals surface area contributed by atoms with E-state index >= 15 is 0 Å². The van der Waals surface area contributed by atoms with E-state index in [-0.39, 0.29) is 18.4 Å². The Balaban J connectivity index is 3.96. The fraction of sp³-hybridized carbons (Fsp3) is 0.636. The summed E-state index contributed by atoms with van der Waals surface area (Å²) in [6, 6.07) is -0.672. The first-order valence-electron chi connectivity index (χ1n) is 5.31. The number of nitrogens with one attached hydrogen (secondary N) is 2. The van der Waals surface area contributed by atoms with E-state index in [0.29, 0.717) is 13.0 Å². The van der Waals surface area contributed by atoms with Crippen molar-refractivity contribution in [3.8, 4) is 0 Å². The summed E-state index contributed by atoms with van der Waals surface area (Å²) in [5.74, 6) is -0.884. The van der Waals surface area contributed by atoms with E-state index in [0.717, 1.165) is 0 Å². The van der Waals surface area contributed by atoms with Crippen molar-refractivity contribution >= 4 is 11.9 Å². The van der Waals surface area contributed by atoms with Gasteiger partial charge in [-0.3, -0.25) is 14.9 Å². The molecule has 0 aromatic heterocycles. The van der Waals surface area contributed by atoms with Gasteiger partial charge in [-0.2, -0.15) is 0 Å². The van der Waals surface area contributed by atoms with Crippen LogP contribution in [0.4, 0.5) is 0 Å². The Hall–Kier alpha value is -1.36. The normalized spacial score (nSPS) is 12.2. The maximum absolute atomic E-state index is 11.2. The van der Waals surface area contributed by atoms with Crippen LogP contribution >= 0.6 is 0 Å². The van der Waals surface area contributed by atoms with Crippen LogP contribution in [0.1, 0.15) is 20.3 Å². The SMILES string of the molecule is C=CCNC(=O)CNC(CC(C)C)C(=O)O. The minimum absolute atomic E-state index is 0.0114. The molecule has 0 heterocycles. The highest BCUT2D eigenvalue weighted by atomic mass is 16.4. The summed E-state index contributed by atoms with van der Waals surface area (Å²) in [4.78, 5) is 22.1. The quantitative estimate of drug-likeness (QED) is 0.525. The summed E-state index contributed by atoms with van der Waals surface area (Å²) in [6.45, 7) is 7.75. The topological polar surface area (TPSA) is 78.4 Å². The van der Waals surface area contributed by atoms with Gasteiger partial charge in [0.05, 0.1) is 6.54 Å². The van der Waals surface area contributed by atoms with Crippen molar-refractivity contribution in [2.24, 2.45) is 5.92 Å². The fourth-order valence-electron chi connectivity index (χ4n) is 1.21. The molecule has 5 nitrogen and oxygen atoms in total. The predicted octanol–water partition coefficient (Wildman–Crippen LogP) is 0.377. The minimum Gasteiger partial charge on any atom is -0.480 e. The molecule has 16 heavy (non-hydrogen) atoms. The van der Waals surface area contributed by atoms with Crippen molar-refractivity contribution in [1.29, 1.82) is 0 Å². The molecule has 1 unspecified atom stereocenters. The van der Waals surface area contributed by atoms with Crippen molar-refractivity contribution < 1.29 is 14.7 Å². The molecule has 5 heteroatoms. The monoisotopic (exact) mass is 228 g/mol. The lowest BCUT2D eigenvalue weighted by molar-refractivity contribution is -0.140. The molecule has 1 atom stereocenters. The van der Waals surface area contributed by atoms with E-state index in [1.807, 2.05) is 13.8 Å². The number of rotatable bonds is 8. The second-order valence-electron chi connectivity index (χ2n) is 3.99. The molecule has 92 valence electrons. The van der Waals surface area contributed by atoms with Crippen LogP contribution in [0.25, 0.3) is 0 Å². The average Bonchev–Trinajstić information content (AvgIpc) is 2.20. The predicted molar refractivity (Wildman–Crippen MR) is 62.1 cm³/mol. The van der Waals surface area contributed by atoms with Gasteiger partial charge >= 0.3 is 5.97 Å². The fourth-order valence-corrected chi connectivity index (χ4v) is 1.21. The Labute approximate surface area is 95.9 Å².